The maximum absolute atomic E-state index is 11.8. The van der Waals surface area contributed by atoms with Crippen LogP contribution in [0.15, 0.2) is 11.1 Å². The molecule has 6 aliphatic heterocycles. The van der Waals surface area contributed by atoms with Gasteiger partial charge in [0, 0.05) is 11.8 Å². The normalized spacial score (nSPS) is 53.8. The molecular weight excluding hydrogens is 408 g/mol. The molecule has 0 aromatic heterocycles. The van der Waals surface area contributed by atoms with E-state index in [9.17, 15) is 9.59 Å². The summed E-state index contributed by atoms with van der Waals surface area (Å²) in [5.41, 5.74) is 2.96. The number of hydrogen-bond acceptors (Lipinski definition) is 6. The average molecular weight is 443 g/mol. The quantitative estimate of drug-likeness (QED) is 0.422. The van der Waals surface area contributed by atoms with Crippen LogP contribution in [0.3, 0.4) is 0 Å². The fraction of sp³-hybridized carbons (Fsp3) is 0.846. The van der Waals surface area contributed by atoms with Crippen molar-refractivity contribution in [2.75, 3.05) is 0 Å². The number of rotatable bonds is 0. The number of esters is 2. The summed E-state index contributed by atoms with van der Waals surface area (Å²) >= 11 is 0. The summed E-state index contributed by atoms with van der Waals surface area (Å²) in [6, 6.07) is 0. The maximum Gasteiger partial charge on any atom is 0.312 e. The van der Waals surface area contributed by atoms with Gasteiger partial charge in [-0.2, -0.15) is 0 Å². The predicted octanol–water partition coefficient (Wildman–Crippen LogP) is 3.57. The lowest BCUT2D eigenvalue weighted by atomic mass is 9.63. The number of carbonyl (C=O) groups is 2. The molecule has 8 aliphatic rings. The van der Waals surface area contributed by atoms with Crippen molar-refractivity contribution in [1.82, 2.24) is 0 Å². The van der Waals surface area contributed by atoms with Gasteiger partial charge in [-0.15, -0.1) is 0 Å². The number of cyclic esters (lactones) is 2. The van der Waals surface area contributed by atoms with Gasteiger partial charge in [-0.25, -0.2) is 0 Å². The minimum Gasteiger partial charge on any atom is -0.462 e. The van der Waals surface area contributed by atoms with Crippen molar-refractivity contribution in [2.24, 2.45) is 35.5 Å². The number of ether oxygens (including phenoxy) is 4. The summed E-state index contributed by atoms with van der Waals surface area (Å²) in [4.78, 5) is 23.6. The van der Waals surface area contributed by atoms with Crippen LogP contribution < -0.4 is 0 Å². The van der Waals surface area contributed by atoms with Crippen LogP contribution in [-0.4, -0.2) is 48.6 Å². The molecule has 1 saturated carbocycles. The molecule has 2 aliphatic carbocycles. The molecule has 4 bridgehead atoms. The topological polar surface area (TPSA) is 71.1 Å². The fourth-order valence-electron chi connectivity index (χ4n) is 8.83. The Bertz CT molecular complexity index is 880. The van der Waals surface area contributed by atoms with Crippen LogP contribution in [0.4, 0.5) is 0 Å². The smallest absolute Gasteiger partial charge is 0.312 e. The van der Waals surface area contributed by atoms with Crippen molar-refractivity contribution in [2.45, 2.75) is 102 Å². The summed E-state index contributed by atoms with van der Waals surface area (Å²) in [6.07, 6.45) is 11.0. The third kappa shape index (κ3) is 2.54. The second kappa shape index (κ2) is 7.05. The zero-order chi connectivity index (χ0) is 21.7. The van der Waals surface area contributed by atoms with Crippen molar-refractivity contribution in [1.29, 1.82) is 0 Å². The van der Waals surface area contributed by atoms with Gasteiger partial charge in [-0.3, -0.25) is 9.59 Å². The van der Waals surface area contributed by atoms with Gasteiger partial charge < -0.3 is 18.9 Å². The highest BCUT2D eigenvalue weighted by Gasteiger charge is 2.66. The van der Waals surface area contributed by atoms with E-state index in [1.807, 2.05) is 13.8 Å². The first-order valence-electron chi connectivity index (χ1n) is 13.0. The summed E-state index contributed by atoms with van der Waals surface area (Å²) in [5, 5.41) is 0. The molecule has 174 valence electrons. The lowest BCUT2D eigenvalue weighted by Crippen LogP contribution is -2.42. The second-order valence-electron chi connectivity index (χ2n) is 11.4. The molecule has 5 saturated heterocycles. The molecule has 0 unspecified atom stereocenters. The van der Waals surface area contributed by atoms with Gasteiger partial charge in [0.2, 0.25) is 0 Å². The van der Waals surface area contributed by atoms with E-state index in [2.05, 4.69) is 0 Å². The van der Waals surface area contributed by atoms with E-state index in [0.29, 0.717) is 23.9 Å². The molecule has 0 N–H and O–H groups in total. The van der Waals surface area contributed by atoms with Crippen molar-refractivity contribution in [3.05, 3.63) is 11.1 Å². The Hall–Kier alpha value is -1.40. The van der Waals surface area contributed by atoms with Crippen LogP contribution in [0, 0.1) is 35.5 Å². The van der Waals surface area contributed by atoms with Crippen molar-refractivity contribution >= 4 is 11.9 Å². The highest BCUT2D eigenvalue weighted by Crippen LogP contribution is 2.58. The lowest BCUT2D eigenvalue weighted by Gasteiger charge is -2.36. The van der Waals surface area contributed by atoms with Gasteiger partial charge in [-0.05, 0) is 75.4 Å². The van der Waals surface area contributed by atoms with E-state index in [1.54, 1.807) is 0 Å². The van der Waals surface area contributed by atoms with Gasteiger partial charge >= 0.3 is 11.9 Å². The first kappa shape index (κ1) is 20.0. The van der Waals surface area contributed by atoms with Crippen molar-refractivity contribution in [3.63, 3.8) is 0 Å². The molecule has 12 atom stereocenters. The Morgan fingerprint density at radius 3 is 1.97 bits per heavy atom. The van der Waals surface area contributed by atoms with E-state index in [1.165, 1.54) is 56.1 Å². The molecule has 0 amide bonds. The first-order chi connectivity index (χ1) is 15.5. The Labute approximate surface area is 189 Å². The fourth-order valence-corrected chi connectivity index (χ4v) is 8.83. The highest BCUT2D eigenvalue weighted by atomic mass is 16.6. The zero-order valence-electron chi connectivity index (χ0n) is 19.0. The standard InChI is InChI=1S/C13H18O3.C13H16O3/c2*1-6-9-10(13(14)15-6)12-8-5-3-2-4-7(8)11(9)16-12/h6-12H,2-5H2,1H3;6,9-12H,2-5H2,1H3/t6-,7-,8+,9-,10+,11+,12-;6-,9-,10+,11+,12-/m11/s1. The van der Waals surface area contributed by atoms with E-state index < -0.39 is 0 Å². The second-order valence-corrected chi connectivity index (χ2v) is 11.4. The molecule has 6 heterocycles. The summed E-state index contributed by atoms with van der Waals surface area (Å²) in [5.74, 6) is 2.09. The molecule has 6 fully saturated rings. The maximum atomic E-state index is 11.8. The first-order valence-corrected chi connectivity index (χ1v) is 13.0. The van der Waals surface area contributed by atoms with E-state index in [0.717, 1.165) is 12.3 Å². The number of hydrogen-bond donors (Lipinski definition) is 0. The molecule has 8 rings (SSSR count). The zero-order valence-corrected chi connectivity index (χ0v) is 19.0. The number of carbonyl (C=O) groups excluding carboxylic acids is 2. The van der Waals surface area contributed by atoms with Gasteiger partial charge in [0.05, 0.1) is 36.3 Å². The predicted molar refractivity (Wildman–Crippen MR) is 113 cm³/mol. The largest absolute Gasteiger partial charge is 0.462 e. The lowest BCUT2D eigenvalue weighted by molar-refractivity contribution is -0.148. The molecule has 6 heteroatoms. The van der Waals surface area contributed by atoms with Gasteiger partial charge in [0.25, 0.3) is 0 Å². The summed E-state index contributed by atoms with van der Waals surface area (Å²) < 4.78 is 22.9. The molecule has 0 spiro atoms. The molecule has 6 nitrogen and oxygen atoms in total. The van der Waals surface area contributed by atoms with Crippen LogP contribution in [0.2, 0.25) is 0 Å². The Morgan fingerprint density at radius 1 is 0.656 bits per heavy atom. The molecule has 0 aromatic carbocycles. The van der Waals surface area contributed by atoms with Crippen LogP contribution in [0.1, 0.15) is 65.2 Å². The average Bonchev–Trinajstić information content (AvgIpc) is 3.61. The highest BCUT2D eigenvalue weighted by molar-refractivity contribution is 5.78. The minimum absolute atomic E-state index is 0.00836. The molecule has 0 radical (unpaired) electrons. The van der Waals surface area contributed by atoms with E-state index in [-0.39, 0.29) is 54.3 Å². The van der Waals surface area contributed by atoms with Crippen LogP contribution in [0.5, 0.6) is 0 Å². The summed E-state index contributed by atoms with van der Waals surface area (Å²) in [6.45, 7) is 4.04. The Morgan fingerprint density at radius 2 is 1.25 bits per heavy atom. The van der Waals surface area contributed by atoms with Gasteiger partial charge in [-0.1, -0.05) is 12.8 Å². The van der Waals surface area contributed by atoms with E-state index >= 15 is 0 Å². The monoisotopic (exact) mass is 442 g/mol. The third-order valence-corrected chi connectivity index (χ3v) is 10.0. The minimum atomic E-state index is -0.0258. The van der Waals surface area contributed by atoms with Gasteiger partial charge in [0.15, 0.2) is 0 Å². The molecule has 0 aromatic rings. The Balaban J connectivity index is 0.000000113. The van der Waals surface area contributed by atoms with Crippen molar-refractivity contribution < 1.29 is 28.5 Å². The van der Waals surface area contributed by atoms with Crippen molar-refractivity contribution in [3.8, 4) is 0 Å². The molecular formula is C26H34O6. The number of fused-ring (bicyclic) bond motifs is 15. The van der Waals surface area contributed by atoms with Crippen LogP contribution in [-0.2, 0) is 28.5 Å². The third-order valence-electron chi connectivity index (χ3n) is 10.0. The summed E-state index contributed by atoms with van der Waals surface area (Å²) in [7, 11) is 0. The SMILES string of the molecule is C[C@H]1OC(=O)[C@@H]2[C@@H]3O[C@@H]([C@@H]4CCCC[C@@H]43)[C@@H]21.C[C@H]1OC(=O)[C@H]2[C@@H]1[C@H]1O[C@@H]2C2=C1CCCC2. The van der Waals surface area contributed by atoms with Gasteiger partial charge in [0.1, 0.15) is 12.2 Å². The van der Waals surface area contributed by atoms with Crippen LogP contribution in [0.25, 0.3) is 0 Å². The van der Waals surface area contributed by atoms with E-state index in [4.69, 9.17) is 18.9 Å². The molecule has 32 heavy (non-hydrogen) atoms. The Kier molecular flexibility index (Phi) is 4.41. The van der Waals surface area contributed by atoms with Crippen LogP contribution >= 0.6 is 0 Å².